The Morgan fingerprint density at radius 3 is 2.79 bits per heavy atom. The minimum absolute atomic E-state index is 0.0886. The van der Waals surface area contributed by atoms with Gasteiger partial charge in [0.05, 0.1) is 10.4 Å². The Bertz CT molecular complexity index is 622. The molecule has 0 aliphatic carbocycles. The Kier molecular flexibility index (Phi) is 3.91. The normalized spacial score (nSPS) is 10.2. The zero-order valence-corrected chi connectivity index (χ0v) is 11.0. The molecule has 0 radical (unpaired) electrons. The number of anilines is 1. The average Bonchev–Trinajstić information content (AvgIpc) is 2.88. The van der Waals surface area contributed by atoms with Crippen LogP contribution in [0.25, 0.3) is 0 Å². The molecule has 0 fully saturated rings. The van der Waals surface area contributed by atoms with Crippen LogP contribution in [-0.2, 0) is 6.42 Å². The summed E-state index contributed by atoms with van der Waals surface area (Å²) in [5.41, 5.74) is 0.0886. The predicted molar refractivity (Wildman–Crippen MR) is 72.8 cm³/mol. The number of hydrogen-bond acceptors (Lipinski definition) is 4. The van der Waals surface area contributed by atoms with Crippen LogP contribution in [0.1, 0.15) is 31.8 Å². The van der Waals surface area contributed by atoms with E-state index in [1.165, 1.54) is 29.7 Å². The first-order valence-corrected chi connectivity index (χ1v) is 6.51. The third-order valence-electron chi connectivity index (χ3n) is 2.48. The number of carbonyl (C=O) groups is 2. The van der Waals surface area contributed by atoms with E-state index in [2.05, 4.69) is 10.3 Å². The number of carboxylic acid groups (broad SMARTS) is 1. The molecule has 2 aromatic rings. The fraction of sp³-hybridized carbons (Fsp3) is 0.154. The van der Waals surface area contributed by atoms with Crippen molar-refractivity contribution in [3.05, 3.63) is 45.8 Å². The quantitative estimate of drug-likeness (QED) is 0.899. The topological polar surface area (TPSA) is 79.3 Å². The third kappa shape index (κ3) is 3.17. The highest BCUT2D eigenvalue weighted by atomic mass is 32.1. The van der Waals surface area contributed by atoms with Crippen LogP contribution in [0.5, 0.6) is 0 Å². The van der Waals surface area contributed by atoms with E-state index in [1.807, 2.05) is 13.0 Å². The molecule has 98 valence electrons. The second-order valence-electron chi connectivity index (χ2n) is 3.81. The van der Waals surface area contributed by atoms with E-state index in [4.69, 9.17) is 5.11 Å². The van der Waals surface area contributed by atoms with Gasteiger partial charge in [-0.05, 0) is 30.7 Å². The number of aromatic carboxylic acids is 1. The number of amides is 1. The Balaban J connectivity index is 2.14. The molecule has 0 unspecified atom stereocenters. The summed E-state index contributed by atoms with van der Waals surface area (Å²) in [7, 11) is 0. The standard InChI is InChI=1S/C13H12N2O3S/c1-2-9-3-4-10(19-9)12(16)15-11-7-8(13(17)18)5-6-14-11/h3-7H,2H2,1H3,(H,17,18)(H,14,15,16). The summed E-state index contributed by atoms with van der Waals surface area (Å²) < 4.78 is 0. The molecule has 5 nitrogen and oxygen atoms in total. The summed E-state index contributed by atoms with van der Waals surface area (Å²) >= 11 is 1.41. The van der Waals surface area contributed by atoms with E-state index < -0.39 is 5.97 Å². The number of aryl methyl sites for hydroxylation is 1. The van der Waals surface area contributed by atoms with E-state index >= 15 is 0 Å². The Hall–Kier alpha value is -2.21. The number of aromatic nitrogens is 1. The van der Waals surface area contributed by atoms with Crippen LogP contribution in [0, 0.1) is 0 Å². The largest absolute Gasteiger partial charge is 0.478 e. The highest BCUT2D eigenvalue weighted by Gasteiger charge is 2.11. The Morgan fingerprint density at radius 2 is 2.16 bits per heavy atom. The third-order valence-corrected chi connectivity index (χ3v) is 3.71. The van der Waals surface area contributed by atoms with Gasteiger partial charge in [0.15, 0.2) is 0 Å². The lowest BCUT2D eigenvalue weighted by molar-refractivity contribution is 0.0696. The van der Waals surface area contributed by atoms with Gasteiger partial charge in [0.2, 0.25) is 0 Å². The highest BCUT2D eigenvalue weighted by Crippen LogP contribution is 2.18. The molecule has 0 spiro atoms. The van der Waals surface area contributed by atoms with E-state index in [1.54, 1.807) is 6.07 Å². The smallest absolute Gasteiger partial charge is 0.335 e. The molecule has 0 bridgehead atoms. The zero-order chi connectivity index (χ0) is 13.8. The van der Waals surface area contributed by atoms with Crippen molar-refractivity contribution in [2.75, 3.05) is 5.32 Å². The molecule has 0 aliphatic heterocycles. The number of pyridine rings is 1. The second kappa shape index (κ2) is 5.62. The van der Waals surface area contributed by atoms with Gasteiger partial charge in [-0.2, -0.15) is 0 Å². The fourth-order valence-corrected chi connectivity index (χ4v) is 2.34. The lowest BCUT2D eigenvalue weighted by Crippen LogP contribution is -2.12. The van der Waals surface area contributed by atoms with Crippen molar-refractivity contribution in [3.8, 4) is 0 Å². The summed E-state index contributed by atoms with van der Waals surface area (Å²) in [6.45, 7) is 2.02. The van der Waals surface area contributed by atoms with E-state index in [-0.39, 0.29) is 17.3 Å². The molecule has 0 saturated carbocycles. The molecule has 2 heterocycles. The lowest BCUT2D eigenvalue weighted by atomic mass is 10.2. The van der Waals surface area contributed by atoms with Gasteiger partial charge in [0.1, 0.15) is 5.82 Å². The molecule has 2 rings (SSSR count). The van der Waals surface area contributed by atoms with Crippen molar-refractivity contribution >= 4 is 29.0 Å². The van der Waals surface area contributed by atoms with Crippen LogP contribution in [0.4, 0.5) is 5.82 Å². The molecule has 1 amide bonds. The zero-order valence-electron chi connectivity index (χ0n) is 10.2. The van der Waals surface area contributed by atoms with Gasteiger partial charge >= 0.3 is 5.97 Å². The first-order chi connectivity index (χ1) is 9.10. The van der Waals surface area contributed by atoms with Crippen molar-refractivity contribution < 1.29 is 14.7 Å². The van der Waals surface area contributed by atoms with E-state index in [9.17, 15) is 9.59 Å². The first-order valence-electron chi connectivity index (χ1n) is 5.69. The lowest BCUT2D eigenvalue weighted by Gasteiger charge is -2.03. The van der Waals surface area contributed by atoms with E-state index in [0.29, 0.717) is 4.88 Å². The van der Waals surface area contributed by atoms with Gasteiger partial charge in [-0.1, -0.05) is 6.92 Å². The number of hydrogen-bond donors (Lipinski definition) is 2. The minimum atomic E-state index is -1.05. The summed E-state index contributed by atoms with van der Waals surface area (Å²) in [4.78, 5) is 28.4. The number of carbonyl (C=O) groups excluding carboxylic acids is 1. The SMILES string of the molecule is CCc1ccc(C(=O)Nc2cc(C(=O)O)ccn2)s1. The van der Waals surface area contributed by atoms with Gasteiger partial charge < -0.3 is 10.4 Å². The second-order valence-corrected chi connectivity index (χ2v) is 4.98. The van der Waals surface area contributed by atoms with Gasteiger partial charge in [-0.25, -0.2) is 9.78 Å². The summed E-state index contributed by atoms with van der Waals surface area (Å²) in [5.74, 6) is -1.10. The van der Waals surface area contributed by atoms with Crippen LogP contribution in [0.3, 0.4) is 0 Å². The van der Waals surface area contributed by atoms with Crippen LogP contribution in [0.2, 0.25) is 0 Å². The molecule has 2 N–H and O–H groups in total. The summed E-state index contributed by atoms with van der Waals surface area (Å²) in [6.07, 6.45) is 2.23. The number of nitrogens with zero attached hydrogens (tertiary/aromatic N) is 1. The number of thiophene rings is 1. The average molecular weight is 276 g/mol. The maximum absolute atomic E-state index is 11.9. The molecule has 0 aliphatic rings. The van der Waals surface area contributed by atoms with Crippen molar-refractivity contribution in [1.82, 2.24) is 4.98 Å². The molecule has 0 atom stereocenters. The van der Waals surface area contributed by atoms with Gasteiger partial charge in [0.25, 0.3) is 5.91 Å². The molecule has 0 aromatic carbocycles. The van der Waals surface area contributed by atoms with Gasteiger partial charge in [-0.3, -0.25) is 4.79 Å². The Labute approximate surface area is 113 Å². The number of rotatable bonds is 4. The molecule has 19 heavy (non-hydrogen) atoms. The van der Waals surface area contributed by atoms with Gasteiger partial charge in [0, 0.05) is 11.1 Å². The Morgan fingerprint density at radius 1 is 1.37 bits per heavy atom. The fourth-order valence-electron chi connectivity index (χ4n) is 1.50. The summed E-state index contributed by atoms with van der Waals surface area (Å²) in [5, 5.41) is 11.4. The van der Waals surface area contributed by atoms with Crippen molar-refractivity contribution in [3.63, 3.8) is 0 Å². The maximum atomic E-state index is 11.9. The van der Waals surface area contributed by atoms with E-state index in [0.717, 1.165) is 11.3 Å². The molecule has 0 saturated heterocycles. The molecular weight excluding hydrogens is 264 g/mol. The van der Waals surface area contributed by atoms with Crippen molar-refractivity contribution in [2.45, 2.75) is 13.3 Å². The molecular formula is C13H12N2O3S. The minimum Gasteiger partial charge on any atom is -0.478 e. The van der Waals surface area contributed by atoms with Crippen molar-refractivity contribution in [1.29, 1.82) is 0 Å². The highest BCUT2D eigenvalue weighted by molar-refractivity contribution is 7.14. The number of carboxylic acids is 1. The van der Waals surface area contributed by atoms with Gasteiger partial charge in [-0.15, -0.1) is 11.3 Å². The molecule has 2 aromatic heterocycles. The maximum Gasteiger partial charge on any atom is 0.335 e. The first kappa shape index (κ1) is 13.2. The van der Waals surface area contributed by atoms with Crippen LogP contribution >= 0.6 is 11.3 Å². The number of nitrogens with one attached hydrogen (secondary N) is 1. The molecule has 6 heteroatoms. The van der Waals surface area contributed by atoms with Crippen LogP contribution in [0.15, 0.2) is 30.5 Å². The van der Waals surface area contributed by atoms with Crippen LogP contribution in [-0.4, -0.2) is 22.0 Å². The van der Waals surface area contributed by atoms with Crippen molar-refractivity contribution in [2.24, 2.45) is 0 Å². The summed E-state index contributed by atoms with van der Waals surface area (Å²) in [6, 6.07) is 6.35. The predicted octanol–water partition coefficient (Wildman–Crippen LogP) is 2.66. The van der Waals surface area contributed by atoms with Crippen LogP contribution < -0.4 is 5.32 Å². The monoisotopic (exact) mass is 276 g/mol.